The van der Waals surface area contributed by atoms with E-state index >= 15 is 0 Å². The molecule has 0 aromatic heterocycles. The van der Waals surface area contributed by atoms with Gasteiger partial charge in [0.05, 0.1) is 6.10 Å². The highest BCUT2D eigenvalue weighted by atomic mass is 16.7. The highest BCUT2D eigenvalue weighted by Crippen LogP contribution is 2.60. The first-order valence-electron chi connectivity index (χ1n) is 8.44. The summed E-state index contributed by atoms with van der Waals surface area (Å²) in [5.41, 5.74) is -1.31. The zero-order chi connectivity index (χ0) is 18.4. The Morgan fingerprint density at radius 2 is 2.04 bits per heavy atom. The molecule has 4 aliphatic rings. The number of aliphatic hydroxyl groups is 1. The number of esters is 1. The van der Waals surface area contributed by atoms with Gasteiger partial charge in [-0.1, -0.05) is 6.58 Å². The Kier molecular flexibility index (Phi) is 3.06. The Morgan fingerprint density at radius 1 is 1.36 bits per heavy atom. The van der Waals surface area contributed by atoms with Crippen molar-refractivity contribution in [3.05, 3.63) is 35.6 Å². The molecule has 25 heavy (non-hydrogen) atoms. The molecule has 0 radical (unpaired) electrons. The molecule has 4 unspecified atom stereocenters. The summed E-state index contributed by atoms with van der Waals surface area (Å²) in [6, 6.07) is 0. The summed E-state index contributed by atoms with van der Waals surface area (Å²) in [6.07, 6.45) is 2.33. The second-order valence-corrected chi connectivity index (χ2v) is 7.94. The molecule has 0 aromatic rings. The number of rotatable bonds is 1. The van der Waals surface area contributed by atoms with Crippen molar-refractivity contribution in [2.75, 3.05) is 0 Å². The van der Waals surface area contributed by atoms with Gasteiger partial charge in [0.25, 0.3) is 0 Å². The zero-order valence-corrected chi connectivity index (χ0v) is 14.8. The van der Waals surface area contributed by atoms with E-state index in [0.717, 1.165) is 5.57 Å². The summed E-state index contributed by atoms with van der Waals surface area (Å²) in [6.45, 7) is 10.6. The van der Waals surface area contributed by atoms with Gasteiger partial charge < -0.3 is 19.3 Å². The molecule has 4 aliphatic heterocycles. The summed E-state index contributed by atoms with van der Waals surface area (Å²) in [5.74, 6) is -2.45. The maximum absolute atomic E-state index is 12.7. The topological polar surface area (TPSA) is 82.1 Å². The van der Waals surface area contributed by atoms with E-state index in [2.05, 4.69) is 6.58 Å². The summed E-state index contributed by atoms with van der Waals surface area (Å²) in [5, 5.41) is 11.2. The predicted octanol–water partition coefficient (Wildman–Crippen LogP) is 1.79. The highest BCUT2D eigenvalue weighted by Gasteiger charge is 2.74. The molecule has 0 saturated carbocycles. The second kappa shape index (κ2) is 4.62. The molecule has 0 aromatic carbocycles. The van der Waals surface area contributed by atoms with Gasteiger partial charge in [-0.2, -0.15) is 0 Å². The third-order valence-corrected chi connectivity index (χ3v) is 6.20. The Balaban J connectivity index is 1.90. The molecular formula is C19H22O6. The predicted molar refractivity (Wildman–Crippen MR) is 87.1 cm³/mol. The standard InChI is InChI=1S/C19H22O6/c1-9(2)19(22)18(5)15-12(23-16(18)21)6-10(3)11-7-14(20)17(4,24-11)8-13(15)25-19/h6-7,12-13,15,22H,1,8H2,2-5H3/b10-6-/t12-,13?,15?,17+,18?,19?/m0/s1. The number of fused-ring (bicyclic) bond motifs is 2. The minimum Gasteiger partial charge on any atom is -0.479 e. The average Bonchev–Trinajstić information content (AvgIpc) is 3.03. The van der Waals surface area contributed by atoms with Crippen LogP contribution in [0.15, 0.2) is 35.6 Å². The molecular weight excluding hydrogens is 324 g/mol. The van der Waals surface area contributed by atoms with Gasteiger partial charge in [0.15, 0.2) is 5.60 Å². The van der Waals surface area contributed by atoms with Crippen LogP contribution in [0.5, 0.6) is 0 Å². The average molecular weight is 346 g/mol. The molecule has 2 saturated heterocycles. The molecule has 0 spiro atoms. The van der Waals surface area contributed by atoms with E-state index in [4.69, 9.17) is 14.2 Å². The van der Waals surface area contributed by atoms with Crippen LogP contribution in [0.2, 0.25) is 0 Å². The molecule has 6 atom stereocenters. The molecule has 134 valence electrons. The van der Waals surface area contributed by atoms with E-state index in [1.807, 2.05) is 6.92 Å². The van der Waals surface area contributed by atoms with Crippen molar-refractivity contribution in [2.45, 2.75) is 57.7 Å². The van der Waals surface area contributed by atoms with Crippen LogP contribution in [-0.2, 0) is 23.8 Å². The fourth-order valence-corrected chi connectivity index (χ4v) is 4.64. The maximum atomic E-state index is 12.7. The minimum absolute atomic E-state index is 0.144. The Morgan fingerprint density at radius 3 is 2.68 bits per heavy atom. The lowest BCUT2D eigenvalue weighted by Crippen LogP contribution is -2.49. The molecule has 2 bridgehead atoms. The van der Waals surface area contributed by atoms with E-state index in [0.29, 0.717) is 11.3 Å². The van der Waals surface area contributed by atoms with E-state index in [1.54, 1.807) is 26.8 Å². The third kappa shape index (κ3) is 1.81. The van der Waals surface area contributed by atoms with Gasteiger partial charge in [-0.3, -0.25) is 9.59 Å². The van der Waals surface area contributed by atoms with E-state index in [9.17, 15) is 14.7 Å². The fourth-order valence-electron chi connectivity index (χ4n) is 4.64. The molecule has 0 amide bonds. The van der Waals surface area contributed by atoms with Crippen LogP contribution < -0.4 is 0 Å². The van der Waals surface area contributed by atoms with Crippen molar-refractivity contribution in [1.82, 2.24) is 0 Å². The molecule has 6 nitrogen and oxygen atoms in total. The normalized spacial score (nSPS) is 49.9. The van der Waals surface area contributed by atoms with Crippen LogP contribution in [0.3, 0.4) is 0 Å². The largest absolute Gasteiger partial charge is 0.479 e. The van der Waals surface area contributed by atoms with Gasteiger partial charge in [0.1, 0.15) is 17.3 Å². The molecule has 2 fully saturated rings. The van der Waals surface area contributed by atoms with Crippen LogP contribution in [-0.4, -0.2) is 40.5 Å². The van der Waals surface area contributed by atoms with Gasteiger partial charge in [0.2, 0.25) is 11.6 Å². The lowest BCUT2D eigenvalue weighted by atomic mass is 9.67. The van der Waals surface area contributed by atoms with Gasteiger partial charge >= 0.3 is 5.97 Å². The summed E-state index contributed by atoms with van der Waals surface area (Å²) in [7, 11) is 0. The number of ether oxygens (including phenoxy) is 3. The molecule has 1 N–H and O–H groups in total. The van der Waals surface area contributed by atoms with Crippen LogP contribution in [0.4, 0.5) is 0 Å². The smallest absolute Gasteiger partial charge is 0.318 e. The first kappa shape index (κ1) is 16.5. The quantitative estimate of drug-likeness (QED) is 0.576. The number of hydrogen-bond donors (Lipinski definition) is 1. The van der Waals surface area contributed by atoms with Crippen LogP contribution in [0.1, 0.15) is 34.1 Å². The highest BCUT2D eigenvalue weighted by molar-refractivity contribution is 6.00. The Bertz CT molecular complexity index is 779. The summed E-state index contributed by atoms with van der Waals surface area (Å²) < 4.78 is 17.5. The van der Waals surface area contributed by atoms with E-state index in [-0.39, 0.29) is 12.2 Å². The zero-order valence-electron chi connectivity index (χ0n) is 14.8. The Labute approximate surface area is 146 Å². The number of carbonyl (C=O) groups is 2. The number of hydrogen-bond acceptors (Lipinski definition) is 6. The Hall–Kier alpha value is -1.92. The lowest BCUT2D eigenvalue weighted by Gasteiger charge is -2.34. The van der Waals surface area contributed by atoms with Crippen molar-refractivity contribution in [2.24, 2.45) is 11.3 Å². The first-order chi connectivity index (χ1) is 11.5. The molecule has 4 rings (SSSR count). The van der Waals surface area contributed by atoms with Crippen LogP contribution in [0.25, 0.3) is 0 Å². The third-order valence-electron chi connectivity index (χ3n) is 6.20. The van der Waals surface area contributed by atoms with E-state index < -0.39 is 40.9 Å². The van der Waals surface area contributed by atoms with Crippen molar-refractivity contribution in [3.8, 4) is 0 Å². The van der Waals surface area contributed by atoms with Crippen molar-refractivity contribution >= 4 is 11.8 Å². The number of ketones is 1. The lowest BCUT2D eigenvalue weighted by molar-refractivity contribution is -0.219. The van der Waals surface area contributed by atoms with E-state index in [1.165, 1.54) is 6.08 Å². The second-order valence-electron chi connectivity index (χ2n) is 7.94. The number of carbonyl (C=O) groups excluding carboxylic acids is 2. The molecule has 6 heteroatoms. The van der Waals surface area contributed by atoms with Gasteiger partial charge in [-0.25, -0.2) is 0 Å². The number of allylic oxidation sites excluding steroid dienone is 1. The SMILES string of the molecule is C=C(C)C1(O)OC2C[C@@]3(C)OC(=CC3=O)/C(C)=C\[C@@H]3OC(=O)C1(C)C23. The van der Waals surface area contributed by atoms with Gasteiger partial charge in [-0.05, 0) is 44.9 Å². The molecule has 0 aliphatic carbocycles. The van der Waals surface area contributed by atoms with Crippen molar-refractivity contribution in [1.29, 1.82) is 0 Å². The van der Waals surface area contributed by atoms with Gasteiger partial charge in [-0.15, -0.1) is 0 Å². The first-order valence-corrected chi connectivity index (χ1v) is 8.44. The maximum Gasteiger partial charge on any atom is 0.318 e. The van der Waals surface area contributed by atoms with Gasteiger partial charge in [0, 0.05) is 18.4 Å². The fraction of sp³-hybridized carbons (Fsp3) is 0.579. The van der Waals surface area contributed by atoms with Crippen molar-refractivity contribution < 1.29 is 28.9 Å². The monoisotopic (exact) mass is 346 g/mol. The van der Waals surface area contributed by atoms with Crippen LogP contribution in [0, 0.1) is 11.3 Å². The van der Waals surface area contributed by atoms with Crippen molar-refractivity contribution in [3.63, 3.8) is 0 Å². The summed E-state index contributed by atoms with van der Waals surface area (Å²) in [4.78, 5) is 25.2. The molecule has 4 heterocycles. The minimum atomic E-state index is -1.84. The van der Waals surface area contributed by atoms with Crippen LogP contribution >= 0.6 is 0 Å². The summed E-state index contributed by atoms with van der Waals surface area (Å²) >= 11 is 0.